The molecule has 0 aliphatic rings. The lowest BCUT2D eigenvalue weighted by Gasteiger charge is -2.22. The van der Waals surface area contributed by atoms with Crippen LogP contribution in [0.2, 0.25) is 0 Å². The maximum Gasteiger partial charge on any atom is 0.237 e. The van der Waals surface area contributed by atoms with E-state index in [1.807, 2.05) is 12.3 Å². The molecule has 0 spiro atoms. The summed E-state index contributed by atoms with van der Waals surface area (Å²) in [6.45, 7) is 6.30. The second-order valence-corrected chi connectivity index (χ2v) is 5.05. The van der Waals surface area contributed by atoms with Crippen molar-refractivity contribution in [2.75, 3.05) is 12.8 Å². The summed E-state index contributed by atoms with van der Waals surface area (Å²) in [4.78, 5) is 11.2. The largest absolute Gasteiger partial charge is 0.354 e. The van der Waals surface area contributed by atoms with Crippen molar-refractivity contribution < 1.29 is 4.79 Å². The molecule has 0 fully saturated rings. The van der Waals surface area contributed by atoms with Gasteiger partial charge in [-0.2, -0.15) is 17.0 Å². The zero-order chi connectivity index (χ0) is 10.5. The van der Waals surface area contributed by atoms with Gasteiger partial charge in [-0.15, -0.1) is 0 Å². The van der Waals surface area contributed by atoms with E-state index in [0.717, 1.165) is 0 Å². The summed E-state index contributed by atoms with van der Waals surface area (Å²) >= 11 is 1.69. The van der Waals surface area contributed by atoms with Gasteiger partial charge in [-0.3, -0.25) is 4.79 Å². The predicted molar refractivity (Wildman–Crippen MR) is 55.4 cm³/mol. The molecule has 1 N–H and O–H groups in total. The van der Waals surface area contributed by atoms with Crippen molar-refractivity contribution in [2.24, 2.45) is 5.92 Å². The smallest absolute Gasteiger partial charge is 0.237 e. The van der Waals surface area contributed by atoms with E-state index in [1.54, 1.807) is 18.7 Å². The quantitative estimate of drug-likeness (QED) is 0.746. The molecule has 0 aromatic rings. The zero-order valence-electron chi connectivity index (χ0n) is 8.55. The normalized spacial score (nSPS) is 13.2. The van der Waals surface area contributed by atoms with Gasteiger partial charge >= 0.3 is 0 Å². The van der Waals surface area contributed by atoms with E-state index in [9.17, 15) is 4.79 Å². The number of thioether (sulfide) groups is 1. The highest BCUT2D eigenvalue weighted by Gasteiger charge is 2.18. The van der Waals surface area contributed by atoms with Crippen LogP contribution < -0.4 is 5.32 Å². The van der Waals surface area contributed by atoms with Gasteiger partial charge in [-0.05, 0) is 27.0 Å². The predicted octanol–water partition coefficient (Wildman–Crippen LogP) is 1.40. The van der Waals surface area contributed by atoms with E-state index in [0.29, 0.717) is 6.54 Å². The molecular formula is C9H16N2OS. The molecule has 0 heterocycles. The highest BCUT2D eigenvalue weighted by atomic mass is 32.2. The lowest BCUT2D eigenvalue weighted by Crippen LogP contribution is -2.38. The molecule has 1 unspecified atom stereocenters. The molecule has 3 nitrogen and oxygen atoms in total. The first-order valence-corrected chi connectivity index (χ1v) is 5.38. The van der Waals surface area contributed by atoms with E-state index >= 15 is 0 Å². The van der Waals surface area contributed by atoms with Gasteiger partial charge in [-0.1, -0.05) is 0 Å². The first-order valence-electron chi connectivity index (χ1n) is 4.15. The summed E-state index contributed by atoms with van der Waals surface area (Å²) < 4.78 is 0.0326. The summed E-state index contributed by atoms with van der Waals surface area (Å²) in [7, 11) is 0. The number of nitrogens with one attached hydrogen (secondary N) is 1. The van der Waals surface area contributed by atoms with Gasteiger partial charge in [0.2, 0.25) is 5.91 Å². The van der Waals surface area contributed by atoms with Crippen LogP contribution in [0.4, 0.5) is 0 Å². The Labute approximate surface area is 83.9 Å². The van der Waals surface area contributed by atoms with Crippen molar-refractivity contribution in [1.82, 2.24) is 5.32 Å². The van der Waals surface area contributed by atoms with Crippen LogP contribution >= 0.6 is 11.8 Å². The second kappa shape index (κ2) is 5.13. The third-order valence-electron chi connectivity index (χ3n) is 1.83. The van der Waals surface area contributed by atoms with Crippen LogP contribution in [0.3, 0.4) is 0 Å². The topological polar surface area (TPSA) is 52.9 Å². The number of nitriles is 1. The number of nitrogens with zero attached hydrogens (tertiary/aromatic N) is 1. The van der Waals surface area contributed by atoms with Crippen LogP contribution in [-0.4, -0.2) is 23.5 Å². The average molecular weight is 200 g/mol. The Balaban J connectivity index is 3.91. The minimum atomic E-state index is -0.558. The molecule has 0 aromatic carbocycles. The Morgan fingerprint density at radius 3 is 2.62 bits per heavy atom. The molecule has 0 aromatic heterocycles. The minimum absolute atomic E-state index is 0.0326. The van der Waals surface area contributed by atoms with Gasteiger partial charge in [0, 0.05) is 11.3 Å². The Hall–Kier alpha value is -0.690. The number of carbonyl (C=O) groups is 1. The molecule has 0 rings (SSSR count). The highest BCUT2D eigenvalue weighted by molar-refractivity contribution is 7.99. The van der Waals surface area contributed by atoms with Crippen LogP contribution in [0.15, 0.2) is 0 Å². The molecule has 1 amide bonds. The van der Waals surface area contributed by atoms with Gasteiger partial charge in [0.15, 0.2) is 0 Å². The SMILES string of the molecule is CSC(C)(C)CNC(=O)C(C)C#N. The van der Waals surface area contributed by atoms with E-state index in [-0.39, 0.29) is 10.7 Å². The molecule has 0 saturated heterocycles. The fourth-order valence-corrected chi connectivity index (χ4v) is 0.800. The highest BCUT2D eigenvalue weighted by Crippen LogP contribution is 2.19. The number of amides is 1. The molecule has 0 bridgehead atoms. The van der Waals surface area contributed by atoms with E-state index in [2.05, 4.69) is 19.2 Å². The molecule has 13 heavy (non-hydrogen) atoms. The van der Waals surface area contributed by atoms with Crippen molar-refractivity contribution in [3.8, 4) is 6.07 Å². The molecule has 1 atom stereocenters. The number of hydrogen-bond donors (Lipinski definition) is 1. The van der Waals surface area contributed by atoms with Crippen LogP contribution in [0.5, 0.6) is 0 Å². The van der Waals surface area contributed by atoms with E-state index in [4.69, 9.17) is 5.26 Å². The average Bonchev–Trinajstić information content (AvgIpc) is 2.13. The maximum absolute atomic E-state index is 11.2. The lowest BCUT2D eigenvalue weighted by molar-refractivity contribution is -0.123. The van der Waals surface area contributed by atoms with Gasteiger partial charge in [-0.25, -0.2) is 0 Å². The number of carbonyl (C=O) groups excluding carboxylic acids is 1. The summed E-state index contributed by atoms with van der Waals surface area (Å²) in [6, 6.07) is 1.90. The molecule has 0 radical (unpaired) electrons. The van der Waals surface area contributed by atoms with E-state index in [1.165, 1.54) is 0 Å². The fourth-order valence-electron chi connectivity index (χ4n) is 0.584. The number of hydrogen-bond acceptors (Lipinski definition) is 3. The molecule has 74 valence electrons. The Kier molecular flexibility index (Phi) is 4.86. The van der Waals surface area contributed by atoms with Gasteiger partial charge in [0.25, 0.3) is 0 Å². The molecule has 0 saturated carbocycles. The Bertz CT molecular complexity index is 220. The molecule has 4 heteroatoms. The van der Waals surface area contributed by atoms with Gasteiger partial charge < -0.3 is 5.32 Å². The lowest BCUT2D eigenvalue weighted by atomic mass is 10.1. The van der Waals surface area contributed by atoms with Crippen LogP contribution in [0.25, 0.3) is 0 Å². The Morgan fingerprint density at radius 2 is 2.23 bits per heavy atom. The maximum atomic E-state index is 11.2. The molecule has 0 aliphatic heterocycles. The summed E-state index contributed by atoms with van der Waals surface area (Å²) in [6.07, 6.45) is 2.00. The molecule has 0 aliphatic carbocycles. The Morgan fingerprint density at radius 1 is 1.69 bits per heavy atom. The molecular weight excluding hydrogens is 184 g/mol. The van der Waals surface area contributed by atoms with Gasteiger partial charge in [0.05, 0.1) is 6.07 Å². The van der Waals surface area contributed by atoms with Gasteiger partial charge in [0.1, 0.15) is 5.92 Å². The van der Waals surface area contributed by atoms with Crippen molar-refractivity contribution in [3.63, 3.8) is 0 Å². The zero-order valence-corrected chi connectivity index (χ0v) is 9.36. The standard InChI is InChI=1S/C9H16N2OS/c1-7(5-10)8(12)11-6-9(2,3)13-4/h7H,6H2,1-4H3,(H,11,12). The summed E-state index contributed by atoms with van der Waals surface area (Å²) in [5.41, 5.74) is 0. The van der Waals surface area contributed by atoms with Crippen molar-refractivity contribution in [1.29, 1.82) is 5.26 Å². The van der Waals surface area contributed by atoms with E-state index < -0.39 is 5.92 Å². The fraction of sp³-hybridized carbons (Fsp3) is 0.778. The minimum Gasteiger partial charge on any atom is -0.354 e. The van der Waals surface area contributed by atoms with Crippen molar-refractivity contribution >= 4 is 17.7 Å². The van der Waals surface area contributed by atoms with Crippen LogP contribution in [0.1, 0.15) is 20.8 Å². The first-order chi connectivity index (χ1) is 5.93. The monoisotopic (exact) mass is 200 g/mol. The van der Waals surface area contributed by atoms with Crippen molar-refractivity contribution in [2.45, 2.75) is 25.5 Å². The second-order valence-electron chi connectivity index (χ2n) is 3.53. The van der Waals surface area contributed by atoms with Crippen molar-refractivity contribution in [3.05, 3.63) is 0 Å². The number of rotatable bonds is 4. The summed E-state index contributed by atoms with van der Waals surface area (Å²) in [5, 5.41) is 11.2. The first kappa shape index (κ1) is 12.3. The third kappa shape index (κ3) is 4.79. The summed E-state index contributed by atoms with van der Waals surface area (Å²) in [5.74, 6) is -0.748. The van der Waals surface area contributed by atoms with Crippen LogP contribution in [-0.2, 0) is 4.79 Å². The third-order valence-corrected chi connectivity index (χ3v) is 3.08. The van der Waals surface area contributed by atoms with Crippen LogP contribution in [0, 0.1) is 17.2 Å².